The summed E-state index contributed by atoms with van der Waals surface area (Å²) in [6, 6.07) is 11.7. The first-order chi connectivity index (χ1) is 13.2. The molecule has 2 aromatic rings. The van der Waals surface area contributed by atoms with Gasteiger partial charge < -0.3 is 14.5 Å². The Labute approximate surface area is 158 Å². The van der Waals surface area contributed by atoms with Gasteiger partial charge in [-0.25, -0.2) is 0 Å². The second-order valence-corrected chi connectivity index (χ2v) is 7.21. The molecule has 0 radical (unpaired) electrons. The molecule has 0 saturated carbocycles. The number of amides is 2. The van der Waals surface area contributed by atoms with Crippen molar-refractivity contribution < 1.29 is 14.3 Å². The summed E-state index contributed by atoms with van der Waals surface area (Å²) < 4.78 is 5.37. The molecule has 2 amide bonds. The highest BCUT2D eigenvalue weighted by atomic mass is 16.5. The minimum Gasteiger partial charge on any atom is -0.496 e. The maximum absolute atomic E-state index is 12.8. The van der Waals surface area contributed by atoms with Gasteiger partial charge in [0.2, 0.25) is 11.8 Å². The first-order valence-corrected chi connectivity index (χ1v) is 9.24. The van der Waals surface area contributed by atoms with E-state index in [2.05, 4.69) is 4.98 Å². The van der Waals surface area contributed by atoms with E-state index in [0.717, 1.165) is 24.4 Å². The molecule has 140 valence electrons. The summed E-state index contributed by atoms with van der Waals surface area (Å²) in [5, 5.41) is 0. The number of hydrogen-bond acceptors (Lipinski definition) is 4. The third-order valence-corrected chi connectivity index (χ3v) is 5.49. The highest BCUT2D eigenvalue weighted by molar-refractivity contribution is 5.89. The van der Waals surface area contributed by atoms with Crippen LogP contribution in [0, 0.1) is 5.92 Å². The number of ether oxygens (including phenoxy) is 1. The number of rotatable bonds is 5. The van der Waals surface area contributed by atoms with Crippen LogP contribution < -0.4 is 4.74 Å². The number of benzene rings is 1. The van der Waals surface area contributed by atoms with E-state index < -0.39 is 0 Å². The van der Waals surface area contributed by atoms with Gasteiger partial charge in [0.25, 0.3) is 0 Å². The number of carbonyl (C=O) groups is 2. The predicted molar refractivity (Wildman–Crippen MR) is 100 cm³/mol. The van der Waals surface area contributed by atoms with Gasteiger partial charge in [-0.15, -0.1) is 0 Å². The number of hydrogen-bond donors (Lipinski definition) is 0. The highest BCUT2D eigenvalue weighted by Crippen LogP contribution is 2.31. The maximum Gasteiger partial charge on any atom is 0.228 e. The van der Waals surface area contributed by atoms with Crippen molar-refractivity contribution in [1.82, 2.24) is 14.8 Å². The second-order valence-electron chi connectivity index (χ2n) is 7.21. The maximum atomic E-state index is 12.8. The zero-order valence-corrected chi connectivity index (χ0v) is 15.4. The van der Waals surface area contributed by atoms with Crippen LogP contribution in [0.1, 0.15) is 23.5 Å². The Morgan fingerprint density at radius 2 is 1.89 bits per heavy atom. The Morgan fingerprint density at radius 3 is 2.63 bits per heavy atom. The van der Waals surface area contributed by atoms with E-state index in [-0.39, 0.29) is 17.7 Å². The minimum atomic E-state index is -0.245. The standard InChI is InChI=1S/C21H23N3O3/c1-27-19-5-3-2-4-16(19)11-23-12-17(10-20(23)25)21(26)24-13-18(14-24)15-6-8-22-9-7-15/h2-9,17-18H,10-14H2,1H3. The monoisotopic (exact) mass is 365 g/mol. The molecule has 0 spiro atoms. The van der Waals surface area contributed by atoms with Gasteiger partial charge in [-0.3, -0.25) is 14.6 Å². The lowest BCUT2D eigenvalue weighted by atomic mass is 9.90. The van der Waals surface area contributed by atoms with Crippen LogP contribution in [-0.4, -0.2) is 53.3 Å². The number of likely N-dealkylation sites (tertiary alicyclic amines) is 2. The van der Waals surface area contributed by atoms with Crippen LogP contribution in [0.4, 0.5) is 0 Å². The number of para-hydroxylation sites is 1. The van der Waals surface area contributed by atoms with Crippen LogP contribution in [0.15, 0.2) is 48.8 Å². The molecule has 0 bridgehead atoms. The molecule has 1 aromatic carbocycles. The molecule has 3 heterocycles. The van der Waals surface area contributed by atoms with E-state index >= 15 is 0 Å². The summed E-state index contributed by atoms with van der Waals surface area (Å²) in [5.74, 6) is 1.02. The van der Waals surface area contributed by atoms with E-state index in [1.54, 1.807) is 24.4 Å². The summed E-state index contributed by atoms with van der Waals surface area (Å²) >= 11 is 0. The first kappa shape index (κ1) is 17.5. The number of pyridine rings is 1. The van der Waals surface area contributed by atoms with E-state index in [0.29, 0.717) is 25.4 Å². The minimum absolute atomic E-state index is 0.0328. The Bertz CT molecular complexity index is 834. The zero-order valence-electron chi connectivity index (χ0n) is 15.4. The van der Waals surface area contributed by atoms with Crippen LogP contribution in [0.2, 0.25) is 0 Å². The van der Waals surface area contributed by atoms with Crippen molar-refractivity contribution in [1.29, 1.82) is 0 Å². The van der Waals surface area contributed by atoms with Crippen molar-refractivity contribution in [2.24, 2.45) is 5.92 Å². The lowest BCUT2D eigenvalue weighted by Crippen LogP contribution is -2.51. The molecule has 2 fully saturated rings. The lowest BCUT2D eigenvalue weighted by molar-refractivity contribution is -0.140. The van der Waals surface area contributed by atoms with Crippen molar-refractivity contribution in [3.8, 4) is 5.75 Å². The Balaban J connectivity index is 1.35. The number of carbonyl (C=O) groups excluding carboxylic acids is 2. The van der Waals surface area contributed by atoms with E-state index in [1.165, 1.54) is 5.56 Å². The molecule has 27 heavy (non-hydrogen) atoms. The summed E-state index contributed by atoms with van der Waals surface area (Å²) in [7, 11) is 1.63. The van der Waals surface area contributed by atoms with Crippen molar-refractivity contribution in [2.75, 3.05) is 26.7 Å². The quantitative estimate of drug-likeness (QED) is 0.814. The highest BCUT2D eigenvalue weighted by Gasteiger charge is 2.40. The van der Waals surface area contributed by atoms with Gasteiger partial charge >= 0.3 is 0 Å². The molecule has 6 nitrogen and oxygen atoms in total. The van der Waals surface area contributed by atoms with Crippen LogP contribution in [0.25, 0.3) is 0 Å². The molecule has 2 saturated heterocycles. The van der Waals surface area contributed by atoms with Gasteiger partial charge in [0.15, 0.2) is 0 Å². The third-order valence-electron chi connectivity index (χ3n) is 5.49. The van der Waals surface area contributed by atoms with Crippen LogP contribution in [-0.2, 0) is 16.1 Å². The normalized spacial score (nSPS) is 19.9. The Kier molecular flexibility index (Phi) is 4.79. The third kappa shape index (κ3) is 3.52. The van der Waals surface area contributed by atoms with Gasteiger partial charge in [0, 0.05) is 56.5 Å². The summed E-state index contributed by atoms with van der Waals surface area (Å²) in [6.45, 7) is 2.40. The number of methoxy groups -OCH3 is 1. The van der Waals surface area contributed by atoms with Crippen LogP contribution >= 0.6 is 0 Å². The summed E-state index contributed by atoms with van der Waals surface area (Å²) in [5.41, 5.74) is 2.18. The average Bonchev–Trinajstić information content (AvgIpc) is 3.02. The van der Waals surface area contributed by atoms with Crippen molar-refractivity contribution in [2.45, 2.75) is 18.9 Å². The Hall–Kier alpha value is -2.89. The Morgan fingerprint density at radius 1 is 1.15 bits per heavy atom. The summed E-state index contributed by atoms with van der Waals surface area (Å²) in [6.07, 6.45) is 3.86. The molecule has 2 aliphatic heterocycles. The van der Waals surface area contributed by atoms with Crippen molar-refractivity contribution >= 4 is 11.8 Å². The zero-order chi connectivity index (χ0) is 18.8. The topological polar surface area (TPSA) is 62.7 Å². The van der Waals surface area contributed by atoms with Gasteiger partial charge in [-0.2, -0.15) is 0 Å². The number of nitrogens with zero attached hydrogens (tertiary/aromatic N) is 3. The molecular weight excluding hydrogens is 342 g/mol. The SMILES string of the molecule is COc1ccccc1CN1CC(C(=O)N2CC(c3ccncc3)C2)CC1=O. The molecule has 1 atom stereocenters. The summed E-state index contributed by atoms with van der Waals surface area (Å²) in [4.78, 5) is 32.9. The van der Waals surface area contributed by atoms with Gasteiger partial charge in [0.1, 0.15) is 5.75 Å². The smallest absolute Gasteiger partial charge is 0.228 e. The molecule has 6 heteroatoms. The fraction of sp³-hybridized carbons (Fsp3) is 0.381. The lowest BCUT2D eigenvalue weighted by Gasteiger charge is -2.40. The van der Waals surface area contributed by atoms with Gasteiger partial charge in [-0.05, 0) is 23.8 Å². The predicted octanol–water partition coefficient (Wildman–Crippen LogP) is 2.06. The fourth-order valence-corrected chi connectivity index (χ4v) is 3.89. The molecule has 0 N–H and O–H groups in total. The van der Waals surface area contributed by atoms with Crippen molar-refractivity contribution in [3.05, 3.63) is 59.9 Å². The largest absolute Gasteiger partial charge is 0.496 e. The molecule has 4 rings (SSSR count). The number of aromatic nitrogens is 1. The molecule has 1 aromatic heterocycles. The van der Waals surface area contributed by atoms with E-state index in [4.69, 9.17) is 4.74 Å². The fourth-order valence-electron chi connectivity index (χ4n) is 3.89. The second kappa shape index (κ2) is 7.39. The van der Waals surface area contributed by atoms with E-state index in [9.17, 15) is 9.59 Å². The van der Waals surface area contributed by atoms with Gasteiger partial charge in [-0.1, -0.05) is 18.2 Å². The average molecular weight is 365 g/mol. The molecule has 1 unspecified atom stereocenters. The van der Waals surface area contributed by atoms with Gasteiger partial charge in [0.05, 0.1) is 13.0 Å². The molecule has 0 aliphatic carbocycles. The van der Waals surface area contributed by atoms with E-state index in [1.807, 2.05) is 41.3 Å². The van der Waals surface area contributed by atoms with Crippen molar-refractivity contribution in [3.63, 3.8) is 0 Å². The van der Waals surface area contributed by atoms with Crippen LogP contribution in [0.5, 0.6) is 5.75 Å². The van der Waals surface area contributed by atoms with Crippen LogP contribution in [0.3, 0.4) is 0 Å². The molecular formula is C21H23N3O3. The molecule has 2 aliphatic rings. The first-order valence-electron chi connectivity index (χ1n) is 9.24.